The third-order valence-corrected chi connectivity index (χ3v) is 5.55. The number of rotatable bonds is 3. The average molecular weight is 335 g/mol. The maximum absolute atomic E-state index is 11.8. The fraction of sp³-hybridized carbons (Fsp3) is 0.429. The van der Waals surface area contributed by atoms with Crippen LogP contribution in [0.5, 0.6) is 0 Å². The van der Waals surface area contributed by atoms with Crippen molar-refractivity contribution in [1.29, 1.82) is 0 Å². The molecule has 4 heteroatoms. The SMILES string of the molecule is CCC(=O)NC1CCc2c(-c3ccc4c(c3)CCCN4C)cncc21. The minimum atomic E-state index is 0.110. The number of pyridine rings is 1. The summed E-state index contributed by atoms with van der Waals surface area (Å²) in [4.78, 5) is 18.6. The third-order valence-electron chi connectivity index (χ3n) is 5.55. The van der Waals surface area contributed by atoms with Crippen LogP contribution in [0.25, 0.3) is 11.1 Å². The molecule has 1 unspecified atom stereocenters. The summed E-state index contributed by atoms with van der Waals surface area (Å²) in [5, 5.41) is 3.13. The number of aromatic nitrogens is 1. The van der Waals surface area contributed by atoms with Gasteiger partial charge in [0.05, 0.1) is 6.04 Å². The zero-order chi connectivity index (χ0) is 17.4. The first-order chi connectivity index (χ1) is 12.2. The topological polar surface area (TPSA) is 45.2 Å². The molecule has 0 fully saturated rings. The molecule has 0 radical (unpaired) electrons. The molecule has 4 rings (SSSR count). The van der Waals surface area contributed by atoms with Crippen molar-refractivity contribution in [2.45, 2.75) is 45.1 Å². The Hall–Kier alpha value is -2.36. The highest BCUT2D eigenvalue weighted by atomic mass is 16.1. The molecule has 25 heavy (non-hydrogen) atoms. The highest BCUT2D eigenvalue weighted by Crippen LogP contribution is 2.38. The van der Waals surface area contributed by atoms with Crippen molar-refractivity contribution in [2.75, 3.05) is 18.5 Å². The number of hydrogen-bond donors (Lipinski definition) is 1. The van der Waals surface area contributed by atoms with Gasteiger partial charge >= 0.3 is 0 Å². The Balaban J connectivity index is 1.70. The van der Waals surface area contributed by atoms with E-state index in [1.54, 1.807) is 0 Å². The minimum Gasteiger partial charge on any atom is -0.374 e. The molecule has 0 saturated carbocycles. The van der Waals surface area contributed by atoms with Crippen molar-refractivity contribution in [2.24, 2.45) is 0 Å². The fourth-order valence-electron chi connectivity index (χ4n) is 4.17. The minimum absolute atomic E-state index is 0.110. The quantitative estimate of drug-likeness (QED) is 0.931. The van der Waals surface area contributed by atoms with Crippen molar-refractivity contribution in [1.82, 2.24) is 10.3 Å². The van der Waals surface area contributed by atoms with Gasteiger partial charge in [-0.15, -0.1) is 0 Å². The van der Waals surface area contributed by atoms with E-state index in [2.05, 4.69) is 40.4 Å². The molecular formula is C21H25N3O. The van der Waals surface area contributed by atoms with Crippen molar-refractivity contribution in [3.8, 4) is 11.1 Å². The first-order valence-corrected chi connectivity index (χ1v) is 9.28. The predicted octanol–water partition coefficient (Wildman–Crippen LogP) is 3.64. The first-order valence-electron chi connectivity index (χ1n) is 9.28. The monoisotopic (exact) mass is 335 g/mol. The summed E-state index contributed by atoms with van der Waals surface area (Å²) >= 11 is 0. The summed E-state index contributed by atoms with van der Waals surface area (Å²) in [6, 6.07) is 6.91. The number of carbonyl (C=O) groups is 1. The van der Waals surface area contributed by atoms with E-state index in [0.29, 0.717) is 6.42 Å². The normalized spacial score (nSPS) is 18.6. The van der Waals surface area contributed by atoms with Gasteiger partial charge in [0.2, 0.25) is 5.91 Å². The second kappa shape index (κ2) is 6.51. The van der Waals surface area contributed by atoms with Crippen molar-refractivity contribution in [3.63, 3.8) is 0 Å². The second-order valence-electron chi connectivity index (χ2n) is 7.14. The molecule has 1 amide bonds. The summed E-state index contributed by atoms with van der Waals surface area (Å²) in [6.45, 7) is 3.03. The number of amides is 1. The van der Waals surface area contributed by atoms with Crippen molar-refractivity contribution >= 4 is 11.6 Å². The van der Waals surface area contributed by atoms with Crippen LogP contribution < -0.4 is 10.2 Å². The Bertz CT molecular complexity index is 815. The lowest BCUT2D eigenvalue weighted by molar-refractivity contribution is -0.121. The zero-order valence-corrected chi connectivity index (χ0v) is 15.0. The van der Waals surface area contributed by atoms with Gasteiger partial charge in [-0.1, -0.05) is 13.0 Å². The van der Waals surface area contributed by atoms with Gasteiger partial charge < -0.3 is 10.2 Å². The number of anilines is 1. The van der Waals surface area contributed by atoms with Gasteiger partial charge in [-0.25, -0.2) is 0 Å². The summed E-state index contributed by atoms with van der Waals surface area (Å²) < 4.78 is 0. The van der Waals surface area contributed by atoms with Crippen LogP contribution >= 0.6 is 0 Å². The average Bonchev–Trinajstić information content (AvgIpc) is 3.04. The van der Waals surface area contributed by atoms with Gasteiger partial charge in [0.15, 0.2) is 0 Å². The van der Waals surface area contributed by atoms with E-state index < -0.39 is 0 Å². The Labute approximate surface area is 149 Å². The van der Waals surface area contributed by atoms with E-state index in [1.807, 2.05) is 19.3 Å². The zero-order valence-electron chi connectivity index (χ0n) is 15.0. The highest BCUT2D eigenvalue weighted by molar-refractivity contribution is 5.77. The summed E-state index contributed by atoms with van der Waals surface area (Å²) in [7, 11) is 2.17. The van der Waals surface area contributed by atoms with Crippen molar-refractivity contribution in [3.05, 3.63) is 47.3 Å². The van der Waals surface area contributed by atoms with E-state index in [-0.39, 0.29) is 11.9 Å². The Morgan fingerprint density at radius 1 is 1.32 bits per heavy atom. The molecule has 2 heterocycles. The van der Waals surface area contributed by atoms with Crippen LogP contribution in [-0.4, -0.2) is 24.5 Å². The van der Waals surface area contributed by atoms with E-state index in [9.17, 15) is 4.79 Å². The number of hydrogen-bond acceptors (Lipinski definition) is 3. The molecule has 1 atom stereocenters. The maximum atomic E-state index is 11.8. The summed E-state index contributed by atoms with van der Waals surface area (Å²) in [5.41, 5.74) is 7.79. The Morgan fingerprint density at radius 3 is 3.04 bits per heavy atom. The second-order valence-corrected chi connectivity index (χ2v) is 7.14. The molecule has 0 spiro atoms. The number of aryl methyl sites for hydroxylation is 1. The Kier molecular flexibility index (Phi) is 4.20. The number of fused-ring (bicyclic) bond motifs is 2. The standard InChI is InChI=1S/C21H25N3O/c1-3-21(25)23-19-8-7-16-17(12-22-13-18(16)19)14-6-9-20-15(11-14)5-4-10-24(20)2/h6,9,11-13,19H,3-5,7-8,10H2,1-2H3,(H,23,25). The fourth-order valence-corrected chi connectivity index (χ4v) is 4.17. The number of nitrogens with one attached hydrogen (secondary N) is 1. The third kappa shape index (κ3) is 2.90. The van der Waals surface area contributed by atoms with E-state index in [4.69, 9.17) is 0 Å². The van der Waals surface area contributed by atoms with Gasteiger partial charge in [0.25, 0.3) is 0 Å². The predicted molar refractivity (Wildman–Crippen MR) is 101 cm³/mol. The van der Waals surface area contributed by atoms with Crippen LogP contribution in [-0.2, 0) is 17.6 Å². The molecular weight excluding hydrogens is 310 g/mol. The molecule has 1 N–H and O–H groups in total. The van der Waals surface area contributed by atoms with Crippen LogP contribution in [0.1, 0.15) is 48.9 Å². The lowest BCUT2D eigenvalue weighted by Gasteiger charge is -2.28. The number of benzene rings is 1. The smallest absolute Gasteiger partial charge is 0.220 e. The molecule has 1 aromatic heterocycles. The van der Waals surface area contributed by atoms with Gasteiger partial charge in [0, 0.05) is 43.7 Å². The van der Waals surface area contributed by atoms with Crippen LogP contribution in [0, 0.1) is 0 Å². The van der Waals surface area contributed by atoms with Crippen molar-refractivity contribution < 1.29 is 4.79 Å². The molecule has 1 aliphatic carbocycles. The van der Waals surface area contributed by atoms with Gasteiger partial charge in [0.1, 0.15) is 0 Å². The Morgan fingerprint density at radius 2 is 2.20 bits per heavy atom. The summed E-state index contributed by atoms with van der Waals surface area (Å²) in [5.74, 6) is 0.111. The molecule has 130 valence electrons. The van der Waals surface area contributed by atoms with Crippen LogP contribution in [0.15, 0.2) is 30.6 Å². The first kappa shape index (κ1) is 16.1. The van der Waals surface area contributed by atoms with E-state index in [0.717, 1.165) is 25.8 Å². The molecule has 1 aliphatic heterocycles. The number of nitrogens with zero attached hydrogens (tertiary/aromatic N) is 2. The van der Waals surface area contributed by atoms with E-state index >= 15 is 0 Å². The molecule has 0 saturated heterocycles. The van der Waals surface area contributed by atoms with Gasteiger partial charge in [-0.2, -0.15) is 0 Å². The van der Waals surface area contributed by atoms with Gasteiger partial charge in [-0.05, 0) is 60.1 Å². The molecule has 4 nitrogen and oxygen atoms in total. The molecule has 1 aromatic carbocycles. The largest absolute Gasteiger partial charge is 0.374 e. The van der Waals surface area contributed by atoms with Crippen LogP contribution in [0.2, 0.25) is 0 Å². The van der Waals surface area contributed by atoms with E-state index in [1.165, 1.54) is 39.9 Å². The maximum Gasteiger partial charge on any atom is 0.220 e. The molecule has 2 aromatic rings. The van der Waals surface area contributed by atoms with Crippen LogP contribution in [0.4, 0.5) is 5.69 Å². The summed E-state index contributed by atoms with van der Waals surface area (Å²) in [6.07, 6.45) is 8.76. The molecule has 2 aliphatic rings. The van der Waals surface area contributed by atoms with Gasteiger partial charge in [-0.3, -0.25) is 9.78 Å². The lowest BCUT2D eigenvalue weighted by atomic mass is 9.94. The van der Waals surface area contributed by atoms with Crippen LogP contribution in [0.3, 0.4) is 0 Å². The lowest BCUT2D eigenvalue weighted by Crippen LogP contribution is -2.26. The molecule has 0 bridgehead atoms. The number of carbonyl (C=O) groups excluding carboxylic acids is 1. The highest BCUT2D eigenvalue weighted by Gasteiger charge is 2.27.